The van der Waals surface area contributed by atoms with Crippen LogP contribution in [0.4, 0.5) is 0 Å². The van der Waals surface area contributed by atoms with Crippen LogP contribution < -0.4 is 4.74 Å². The van der Waals surface area contributed by atoms with Gasteiger partial charge in [-0.05, 0) is 30.3 Å². The zero-order chi connectivity index (χ0) is 19.0. The molecule has 27 heavy (non-hydrogen) atoms. The van der Waals surface area contributed by atoms with Crippen molar-refractivity contribution in [2.75, 3.05) is 7.11 Å². The summed E-state index contributed by atoms with van der Waals surface area (Å²) in [5.41, 5.74) is 1.21. The zero-order valence-corrected chi connectivity index (χ0v) is 15.3. The molecular formula is C21H17NO4S. The smallest absolute Gasteiger partial charge is 0.268 e. The third-order valence-electron chi connectivity index (χ3n) is 4.43. The van der Waals surface area contributed by atoms with Gasteiger partial charge in [-0.3, -0.25) is 0 Å². The first-order valence-electron chi connectivity index (χ1n) is 8.31. The van der Waals surface area contributed by atoms with Gasteiger partial charge in [0.05, 0.1) is 17.5 Å². The molecule has 136 valence electrons. The lowest BCUT2D eigenvalue weighted by molar-refractivity contribution is 0.415. The SMILES string of the molecule is COc1ccc2c(c1)c(O)c(-c1ccccc1)n2S(=O)(=O)c1ccccc1. The van der Waals surface area contributed by atoms with Gasteiger partial charge >= 0.3 is 0 Å². The molecule has 3 aromatic carbocycles. The molecule has 1 heterocycles. The maximum Gasteiger partial charge on any atom is 0.268 e. The Bertz CT molecular complexity index is 1210. The predicted octanol–water partition coefficient (Wildman–Crippen LogP) is 4.26. The molecule has 4 rings (SSSR count). The molecule has 0 unspecified atom stereocenters. The average Bonchev–Trinajstić information content (AvgIpc) is 3.02. The minimum atomic E-state index is -3.93. The van der Waals surface area contributed by atoms with Gasteiger partial charge in [0.2, 0.25) is 0 Å². The van der Waals surface area contributed by atoms with Gasteiger partial charge in [0.1, 0.15) is 17.2 Å². The van der Waals surface area contributed by atoms with Crippen LogP contribution in [0, 0.1) is 0 Å². The van der Waals surface area contributed by atoms with Crippen LogP contribution in [0.15, 0.2) is 83.8 Å². The summed E-state index contributed by atoms with van der Waals surface area (Å²) >= 11 is 0. The highest BCUT2D eigenvalue weighted by molar-refractivity contribution is 7.90. The van der Waals surface area contributed by atoms with Gasteiger partial charge in [-0.2, -0.15) is 0 Å². The molecule has 0 atom stereocenters. The molecular weight excluding hydrogens is 362 g/mol. The van der Waals surface area contributed by atoms with Crippen LogP contribution >= 0.6 is 0 Å². The molecule has 1 N–H and O–H groups in total. The first kappa shape index (κ1) is 17.2. The molecule has 1 aromatic heterocycles. The van der Waals surface area contributed by atoms with E-state index in [0.717, 1.165) is 0 Å². The third-order valence-corrected chi connectivity index (χ3v) is 6.16. The fraction of sp³-hybridized carbons (Fsp3) is 0.0476. The Labute approximate surface area is 157 Å². The minimum Gasteiger partial charge on any atom is -0.505 e. The Balaban J connectivity index is 2.13. The van der Waals surface area contributed by atoms with Gasteiger partial charge in [-0.15, -0.1) is 0 Å². The topological polar surface area (TPSA) is 68.5 Å². The van der Waals surface area contributed by atoms with Crippen molar-refractivity contribution >= 4 is 20.9 Å². The lowest BCUT2D eigenvalue weighted by atomic mass is 10.1. The summed E-state index contributed by atoms with van der Waals surface area (Å²) in [5.74, 6) is 0.432. The highest BCUT2D eigenvalue weighted by atomic mass is 32.2. The van der Waals surface area contributed by atoms with E-state index >= 15 is 0 Å². The molecule has 5 nitrogen and oxygen atoms in total. The number of aromatic hydroxyl groups is 1. The molecule has 0 spiro atoms. The summed E-state index contributed by atoms with van der Waals surface area (Å²) in [6, 6.07) is 22.1. The number of rotatable bonds is 4. The number of hydrogen-bond donors (Lipinski definition) is 1. The van der Waals surface area contributed by atoms with Crippen molar-refractivity contribution in [2.45, 2.75) is 4.90 Å². The molecule has 0 aliphatic rings. The van der Waals surface area contributed by atoms with Crippen LogP contribution in [0.3, 0.4) is 0 Å². The summed E-state index contributed by atoms with van der Waals surface area (Å²) in [5, 5.41) is 11.3. The van der Waals surface area contributed by atoms with Gasteiger partial charge in [0, 0.05) is 10.9 Å². The van der Waals surface area contributed by atoms with E-state index in [1.54, 1.807) is 60.7 Å². The zero-order valence-electron chi connectivity index (χ0n) is 14.5. The van der Waals surface area contributed by atoms with Crippen molar-refractivity contribution in [3.63, 3.8) is 0 Å². The van der Waals surface area contributed by atoms with E-state index in [1.807, 2.05) is 6.07 Å². The normalized spacial score (nSPS) is 11.6. The summed E-state index contributed by atoms with van der Waals surface area (Å²) in [7, 11) is -2.41. The van der Waals surface area contributed by atoms with E-state index in [1.165, 1.54) is 23.2 Å². The van der Waals surface area contributed by atoms with E-state index in [2.05, 4.69) is 0 Å². The van der Waals surface area contributed by atoms with Crippen molar-refractivity contribution < 1.29 is 18.3 Å². The number of nitrogens with zero attached hydrogens (tertiary/aromatic N) is 1. The van der Waals surface area contributed by atoms with Gasteiger partial charge in [0.15, 0.2) is 0 Å². The maximum atomic E-state index is 13.4. The van der Waals surface area contributed by atoms with Crippen molar-refractivity contribution in [1.82, 2.24) is 3.97 Å². The summed E-state index contributed by atoms with van der Waals surface area (Å²) in [6.07, 6.45) is 0. The monoisotopic (exact) mass is 379 g/mol. The molecule has 0 amide bonds. The minimum absolute atomic E-state index is 0.102. The van der Waals surface area contributed by atoms with Crippen molar-refractivity contribution in [3.05, 3.63) is 78.9 Å². The Hall–Kier alpha value is -3.25. The second-order valence-corrected chi connectivity index (χ2v) is 7.82. The van der Waals surface area contributed by atoms with Crippen LogP contribution in [-0.4, -0.2) is 24.6 Å². The van der Waals surface area contributed by atoms with Crippen LogP contribution in [0.25, 0.3) is 22.2 Å². The van der Waals surface area contributed by atoms with E-state index in [9.17, 15) is 13.5 Å². The lowest BCUT2D eigenvalue weighted by Gasteiger charge is -2.12. The molecule has 0 saturated heterocycles. The first-order chi connectivity index (χ1) is 13.0. The van der Waals surface area contributed by atoms with Gasteiger partial charge < -0.3 is 9.84 Å². The van der Waals surface area contributed by atoms with E-state index in [4.69, 9.17) is 4.74 Å². The second-order valence-electron chi connectivity index (χ2n) is 6.03. The Morgan fingerprint density at radius 2 is 1.52 bits per heavy atom. The van der Waals surface area contributed by atoms with Gasteiger partial charge in [-0.25, -0.2) is 12.4 Å². The number of methoxy groups -OCH3 is 1. The second kappa shape index (κ2) is 6.48. The number of fused-ring (bicyclic) bond motifs is 1. The molecule has 0 aliphatic heterocycles. The van der Waals surface area contributed by atoms with Gasteiger partial charge in [-0.1, -0.05) is 48.5 Å². The summed E-state index contributed by atoms with van der Waals surface area (Å²) < 4.78 is 33.3. The predicted molar refractivity (Wildman–Crippen MR) is 105 cm³/mol. The Morgan fingerprint density at radius 1 is 0.889 bits per heavy atom. The maximum absolute atomic E-state index is 13.4. The van der Waals surface area contributed by atoms with E-state index < -0.39 is 10.0 Å². The van der Waals surface area contributed by atoms with Gasteiger partial charge in [0.25, 0.3) is 10.0 Å². The fourth-order valence-corrected chi connectivity index (χ4v) is 4.71. The van der Waals surface area contributed by atoms with Crippen LogP contribution in [0.5, 0.6) is 11.5 Å². The fourth-order valence-electron chi connectivity index (χ4n) is 3.15. The number of benzene rings is 3. The standard InChI is InChI=1S/C21H17NO4S/c1-26-16-12-13-19-18(14-16)21(23)20(15-8-4-2-5-9-15)22(19)27(24,25)17-10-6-3-7-11-17/h2-14,23H,1H3. The Morgan fingerprint density at radius 3 is 2.15 bits per heavy atom. The molecule has 0 bridgehead atoms. The third kappa shape index (κ3) is 2.74. The average molecular weight is 379 g/mol. The number of ether oxygens (including phenoxy) is 1. The molecule has 0 fully saturated rings. The molecule has 4 aromatic rings. The van der Waals surface area contributed by atoms with Crippen molar-refractivity contribution in [1.29, 1.82) is 0 Å². The number of hydrogen-bond acceptors (Lipinski definition) is 4. The lowest BCUT2D eigenvalue weighted by Crippen LogP contribution is -2.14. The van der Waals surface area contributed by atoms with Crippen molar-refractivity contribution in [3.8, 4) is 22.8 Å². The highest BCUT2D eigenvalue weighted by Gasteiger charge is 2.28. The highest BCUT2D eigenvalue weighted by Crippen LogP contribution is 2.42. The summed E-state index contributed by atoms with van der Waals surface area (Å²) in [6.45, 7) is 0. The van der Waals surface area contributed by atoms with E-state index in [0.29, 0.717) is 22.2 Å². The van der Waals surface area contributed by atoms with E-state index in [-0.39, 0.29) is 16.3 Å². The van der Waals surface area contributed by atoms with Crippen LogP contribution in [0.2, 0.25) is 0 Å². The van der Waals surface area contributed by atoms with Crippen molar-refractivity contribution in [2.24, 2.45) is 0 Å². The van der Waals surface area contributed by atoms with Crippen LogP contribution in [0.1, 0.15) is 0 Å². The summed E-state index contributed by atoms with van der Waals surface area (Å²) in [4.78, 5) is 0.148. The molecule has 0 saturated carbocycles. The largest absolute Gasteiger partial charge is 0.505 e. The van der Waals surface area contributed by atoms with Crippen LogP contribution in [-0.2, 0) is 10.0 Å². The number of aromatic nitrogens is 1. The first-order valence-corrected chi connectivity index (χ1v) is 9.75. The quantitative estimate of drug-likeness (QED) is 0.575. The molecule has 6 heteroatoms. The Kier molecular flexibility index (Phi) is 4.12. The molecule has 0 radical (unpaired) electrons. The molecule has 0 aliphatic carbocycles.